The quantitative estimate of drug-likeness (QED) is 0.689. The molecular formula is C20H35N3O. The predicted molar refractivity (Wildman–Crippen MR) is 99.1 cm³/mol. The van der Waals surface area contributed by atoms with Gasteiger partial charge in [0.15, 0.2) is 0 Å². The van der Waals surface area contributed by atoms with Crippen LogP contribution in [-0.4, -0.2) is 22.2 Å². The van der Waals surface area contributed by atoms with Crippen LogP contribution in [0.25, 0.3) is 0 Å². The van der Waals surface area contributed by atoms with Gasteiger partial charge in [0.25, 0.3) is 0 Å². The van der Waals surface area contributed by atoms with Crippen LogP contribution in [0.15, 0.2) is 0 Å². The van der Waals surface area contributed by atoms with Crippen LogP contribution in [0.1, 0.15) is 75.7 Å². The van der Waals surface area contributed by atoms with E-state index in [0.29, 0.717) is 12.3 Å². The zero-order valence-electron chi connectivity index (χ0n) is 16.0. The van der Waals surface area contributed by atoms with Crippen molar-refractivity contribution in [2.75, 3.05) is 6.54 Å². The minimum Gasteiger partial charge on any atom is -0.356 e. The van der Waals surface area contributed by atoms with Gasteiger partial charge in [0, 0.05) is 25.2 Å². The summed E-state index contributed by atoms with van der Waals surface area (Å²) in [7, 11) is 0. The summed E-state index contributed by atoms with van der Waals surface area (Å²) >= 11 is 0. The van der Waals surface area contributed by atoms with Crippen LogP contribution in [0.2, 0.25) is 0 Å². The molecule has 0 bridgehead atoms. The van der Waals surface area contributed by atoms with Crippen LogP contribution in [0.3, 0.4) is 0 Å². The van der Waals surface area contributed by atoms with Gasteiger partial charge in [0.1, 0.15) is 0 Å². The van der Waals surface area contributed by atoms with Crippen LogP contribution < -0.4 is 5.32 Å². The van der Waals surface area contributed by atoms with Crippen LogP contribution in [0.5, 0.6) is 0 Å². The lowest BCUT2D eigenvalue weighted by Crippen LogP contribution is -2.25. The van der Waals surface area contributed by atoms with E-state index in [4.69, 9.17) is 0 Å². The molecule has 4 nitrogen and oxygen atoms in total. The topological polar surface area (TPSA) is 46.9 Å². The molecule has 136 valence electrons. The van der Waals surface area contributed by atoms with Crippen molar-refractivity contribution in [2.24, 2.45) is 11.8 Å². The van der Waals surface area contributed by atoms with Gasteiger partial charge < -0.3 is 5.32 Å². The van der Waals surface area contributed by atoms with Gasteiger partial charge in [-0.1, -0.05) is 39.5 Å². The standard InChI is InChI=1S/C20H35N3O/c1-15(2)14-23-17(4)19(16(3)22-23)11-12-20(24)21-13-7-10-18-8-5-6-9-18/h15,18H,5-14H2,1-4H3,(H,21,24). The van der Waals surface area contributed by atoms with E-state index in [0.717, 1.165) is 37.5 Å². The summed E-state index contributed by atoms with van der Waals surface area (Å²) in [5.74, 6) is 1.68. The zero-order valence-corrected chi connectivity index (χ0v) is 16.0. The molecular weight excluding hydrogens is 298 g/mol. The fraction of sp³-hybridized carbons (Fsp3) is 0.800. The van der Waals surface area contributed by atoms with Gasteiger partial charge in [-0.05, 0) is 50.5 Å². The second-order valence-corrected chi connectivity index (χ2v) is 7.87. The van der Waals surface area contributed by atoms with Gasteiger partial charge in [0.05, 0.1) is 5.69 Å². The van der Waals surface area contributed by atoms with Crippen molar-refractivity contribution in [1.82, 2.24) is 15.1 Å². The highest BCUT2D eigenvalue weighted by molar-refractivity contribution is 5.76. The third kappa shape index (κ3) is 5.64. The largest absolute Gasteiger partial charge is 0.356 e. The summed E-state index contributed by atoms with van der Waals surface area (Å²) < 4.78 is 2.09. The van der Waals surface area contributed by atoms with E-state index in [1.807, 2.05) is 0 Å². The van der Waals surface area contributed by atoms with Gasteiger partial charge in [-0.15, -0.1) is 0 Å². The van der Waals surface area contributed by atoms with Crippen LogP contribution >= 0.6 is 0 Å². The summed E-state index contributed by atoms with van der Waals surface area (Å²) in [5, 5.41) is 7.72. The van der Waals surface area contributed by atoms with Crippen molar-refractivity contribution >= 4 is 5.91 Å². The number of carbonyl (C=O) groups is 1. The smallest absolute Gasteiger partial charge is 0.220 e. The minimum absolute atomic E-state index is 0.178. The monoisotopic (exact) mass is 333 g/mol. The van der Waals surface area contributed by atoms with Gasteiger partial charge in [0.2, 0.25) is 5.91 Å². The van der Waals surface area contributed by atoms with Crippen molar-refractivity contribution in [1.29, 1.82) is 0 Å². The lowest BCUT2D eigenvalue weighted by Gasteiger charge is -2.10. The molecule has 1 heterocycles. The second-order valence-electron chi connectivity index (χ2n) is 7.87. The lowest BCUT2D eigenvalue weighted by atomic mass is 10.0. The van der Waals surface area contributed by atoms with E-state index in [1.165, 1.54) is 43.4 Å². The van der Waals surface area contributed by atoms with Gasteiger partial charge in [-0.3, -0.25) is 9.48 Å². The molecule has 1 saturated carbocycles. The number of hydrogen-bond donors (Lipinski definition) is 1. The van der Waals surface area contributed by atoms with E-state index < -0.39 is 0 Å². The van der Waals surface area contributed by atoms with E-state index >= 15 is 0 Å². The Morgan fingerprint density at radius 2 is 2.00 bits per heavy atom. The summed E-state index contributed by atoms with van der Waals surface area (Å²) in [4.78, 5) is 12.1. The summed E-state index contributed by atoms with van der Waals surface area (Å²) in [6, 6.07) is 0. The number of hydrogen-bond acceptors (Lipinski definition) is 2. The molecule has 0 radical (unpaired) electrons. The number of nitrogens with zero attached hydrogens (tertiary/aromatic N) is 2. The molecule has 1 aliphatic rings. The highest BCUT2D eigenvalue weighted by Crippen LogP contribution is 2.28. The Hall–Kier alpha value is -1.32. The first-order valence-corrected chi connectivity index (χ1v) is 9.77. The number of nitrogens with one attached hydrogen (secondary N) is 1. The molecule has 0 aromatic carbocycles. The zero-order chi connectivity index (χ0) is 17.5. The molecule has 1 aromatic rings. The predicted octanol–water partition coefficient (Wildman–Crippen LogP) is 4.18. The molecule has 24 heavy (non-hydrogen) atoms. The first kappa shape index (κ1) is 19.0. The van der Waals surface area contributed by atoms with Crippen LogP contribution in [0.4, 0.5) is 0 Å². The molecule has 0 aliphatic heterocycles. The maximum absolute atomic E-state index is 12.1. The first-order valence-electron chi connectivity index (χ1n) is 9.77. The average Bonchev–Trinajstić information content (AvgIpc) is 3.11. The summed E-state index contributed by atoms with van der Waals surface area (Å²) in [6.45, 7) is 10.4. The van der Waals surface area contributed by atoms with Gasteiger partial charge in [-0.25, -0.2) is 0 Å². The number of aryl methyl sites for hydroxylation is 1. The van der Waals surface area contributed by atoms with Crippen molar-refractivity contribution in [3.63, 3.8) is 0 Å². The molecule has 1 fully saturated rings. The first-order chi connectivity index (χ1) is 11.5. The van der Waals surface area contributed by atoms with Crippen molar-refractivity contribution in [2.45, 2.75) is 85.6 Å². The Kier molecular flexibility index (Phi) is 7.32. The van der Waals surface area contributed by atoms with Crippen molar-refractivity contribution < 1.29 is 4.79 Å². The Morgan fingerprint density at radius 1 is 1.29 bits per heavy atom. The van der Waals surface area contributed by atoms with E-state index in [1.54, 1.807) is 0 Å². The van der Waals surface area contributed by atoms with Crippen molar-refractivity contribution in [3.05, 3.63) is 17.0 Å². The van der Waals surface area contributed by atoms with Crippen LogP contribution in [0, 0.1) is 25.7 Å². The Bertz CT molecular complexity index is 527. The lowest BCUT2D eigenvalue weighted by molar-refractivity contribution is -0.121. The third-order valence-corrected chi connectivity index (χ3v) is 5.26. The molecule has 0 atom stereocenters. The second kappa shape index (κ2) is 9.24. The number of rotatable bonds is 9. The maximum atomic E-state index is 12.1. The van der Waals surface area contributed by atoms with Gasteiger partial charge >= 0.3 is 0 Å². The number of aromatic nitrogens is 2. The Morgan fingerprint density at radius 3 is 2.67 bits per heavy atom. The molecule has 4 heteroatoms. The number of carbonyl (C=O) groups excluding carboxylic acids is 1. The fourth-order valence-electron chi connectivity index (χ4n) is 3.86. The molecule has 1 aliphatic carbocycles. The van der Waals surface area contributed by atoms with E-state index in [-0.39, 0.29) is 5.91 Å². The Labute approximate surface area is 147 Å². The van der Waals surface area contributed by atoms with E-state index in [2.05, 4.69) is 42.8 Å². The van der Waals surface area contributed by atoms with Gasteiger partial charge in [-0.2, -0.15) is 5.10 Å². The van der Waals surface area contributed by atoms with Crippen molar-refractivity contribution in [3.8, 4) is 0 Å². The molecule has 0 saturated heterocycles. The summed E-state index contributed by atoms with van der Waals surface area (Å²) in [6.07, 6.45) is 9.37. The highest BCUT2D eigenvalue weighted by atomic mass is 16.1. The molecule has 1 N–H and O–H groups in total. The normalized spacial score (nSPS) is 15.4. The SMILES string of the molecule is Cc1nn(CC(C)C)c(C)c1CCC(=O)NCCCC1CCCC1. The molecule has 1 aromatic heterocycles. The minimum atomic E-state index is 0.178. The molecule has 0 unspecified atom stereocenters. The summed E-state index contributed by atoms with van der Waals surface area (Å²) in [5.41, 5.74) is 3.54. The molecule has 0 spiro atoms. The molecule has 1 amide bonds. The maximum Gasteiger partial charge on any atom is 0.220 e. The van der Waals surface area contributed by atoms with E-state index in [9.17, 15) is 4.79 Å². The highest BCUT2D eigenvalue weighted by Gasteiger charge is 2.15. The third-order valence-electron chi connectivity index (χ3n) is 5.26. The fourth-order valence-corrected chi connectivity index (χ4v) is 3.86. The number of amides is 1. The Balaban J connectivity index is 1.70. The average molecular weight is 334 g/mol. The molecule has 2 rings (SSSR count). The van der Waals surface area contributed by atoms with Crippen LogP contribution in [-0.2, 0) is 17.8 Å².